The molecule has 1 aromatic heterocycles. The molecule has 0 saturated heterocycles. The van der Waals surface area contributed by atoms with Crippen molar-refractivity contribution in [1.29, 1.82) is 0 Å². The lowest BCUT2D eigenvalue weighted by Gasteiger charge is -2.30. The van der Waals surface area contributed by atoms with Gasteiger partial charge in [0, 0.05) is 58.2 Å². The fourth-order valence-electron chi connectivity index (χ4n) is 2.65. The summed E-state index contributed by atoms with van der Waals surface area (Å²) in [7, 11) is 3.85. The zero-order chi connectivity index (χ0) is 16.5. The van der Waals surface area contributed by atoms with Gasteiger partial charge in [0.05, 0.1) is 0 Å². The van der Waals surface area contributed by atoms with Gasteiger partial charge >= 0.3 is 0 Å². The minimum absolute atomic E-state index is 0.593. The van der Waals surface area contributed by atoms with Crippen LogP contribution in [0.1, 0.15) is 39.7 Å². The van der Waals surface area contributed by atoms with Gasteiger partial charge in [0.2, 0.25) is 0 Å². The summed E-state index contributed by atoms with van der Waals surface area (Å²) in [5.41, 5.74) is 1.26. The largest absolute Gasteiger partial charge is 0.357 e. The molecule has 0 atom stereocenters. The molecule has 1 heterocycles. The number of nitrogens with zero attached hydrogens (tertiary/aromatic N) is 3. The van der Waals surface area contributed by atoms with E-state index in [9.17, 15) is 0 Å². The molecule has 2 N–H and O–H groups in total. The lowest BCUT2D eigenvalue weighted by atomic mass is 10.2. The standard InChI is InChI=1S/C17H33N5/c1-14(2)22(15(3)4)10-7-9-19-17(18-5)20-12-16-8-11-21(6)13-16/h8,11,13-15H,7,9-10,12H2,1-6H3,(H2,18,19,20). The van der Waals surface area contributed by atoms with E-state index in [1.165, 1.54) is 5.56 Å². The SMILES string of the molecule is CN=C(NCCCN(C(C)C)C(C)C)NCc1ccn(C)c1. The number of aryl methyl sites for hydroxylation is 1. The highest BCUT2D eigenvalue weighted by Crippen LogP contribution is 2.05. The van der Waals surface area contributed by atoms with Crippen molar-refractivity contribution in [2.24, 2.45) is 12.0 Å². The average molecular weight is 307 g/mol. The normalized spacial score (nSPS) is 12.5. The highest BCUT2D eigenvalue weighted by Gasteiger charge is 2.12. The van der Waals surface area contributed by atoms with Gasteiger partial charge in [0.1, 0.15) is 0 Å². The van der Waals surface area contributed by atoms with Gasteiger partial charge in [-0.15, -0.1) is 0 Å². The fraction of sp³-hybridized carbons (Fsp3) is 0.706. The summed E-state index contributed by atoms with van der Waals surface area (Å²) >= 11 is 0. The molecule has 0 aliphatic carbocycles. The van der Waals surface area contributed by atoms with Gasteiger partial charge in [-0.25, -0.2) is 0 Å². The molecule has 0 saturated carbocycles. The van der Waals surface area contributed by atoms with E-state index in [4.69, 9.17) is 0 Å². The van der Waals surface area contributed by atoms with Crippen LogP contribution in [0.25, 0.3) is 0 Å². The molecule has 0 spiro atoms. The summed E-state index contributed by atoms with van der Waals surface area (Å²) in [5, 5.41) is 6.73. The summed E-state index contributed by atoms with van der Waals surface area (Å²) < 4.78 is 2.06. The van der Waals surface area contributed by atoms with Crippen LogP contribution in [0.4, 0.5) is 0 Å². The zero-order valence-corrected chi connectivity index (χ0v) is 15.1. The maximum atomic E-state index is 4.27. The zero-order valence-electron chi connectivity index (χ0n) is 15.1. The second-order valence-corrected chi connectivity index (χ2v) is 6.32. The van der Waals surface area contributed by atoms with Crippen LogP contribution >= 0.6 is 0 Å². The Kier molecular flexibility index (Phi) is 8.02. The van der Waals surface area contributed by atoms with Crippen LogP contribution in [0, 0.1) is 0 Å². The molecule has 0 fully saturated rings. The first-order chi connectivity index (χ1) is 10.4. The number of aromatic nitrogens is 1. The molecule has 22 heavy (non-hydrogen) atoms. The van der Waals surface area contributed by atoms with Crippen LogP contribution in [0.2, 0.25) is 0 Å². The predicted molar refractivity (Wildman–Crippen MR) is 95.2 cm³/mol. The topological polar surface area (TPSA) is 44.6 Å². The third-order valence-electron chi connectivity index (χ3n) is 3.79. The molecule has 1 rings (SSSR count). The third-order valence-corrected chi connectivity index (χ3v) is 3.79. The maximum Gasteiger partial charge on any atom is 0.191 e. The Hall–Kier alpha value is -1.49. The van der Waals surface area contributed by atoms with Crippen LogP contribution in [0.3, 0.4) is 0 Å². The Morgan fingerprint density at radius 1 is 1.23 bits per heavy atom. The first kappa shape index (κ1) is 18.6. The van der Waals surface area contributed by atoms with Crippen molar-refractivity contribution in [3.8, 4) is 0 Å². The van der Waals surface area contributed by atoms with E-state index in [2.05, 4.69) is 71.2 Å². The molecule has 0 amide bonds. The highest BCUT2D eigenvalue weighted by atomic mass is 15.2. The van der Waals surface area contributed by atoms with Gasteiger partial charge in [-0.05, 0) is 45.7 Å². The van der Waals surface area contributed by atoms with Crippen molar-refractivity contribution < 1.29 is 0 Å². The summed E-state index contributed by atoms with van der Waals surface area (Å²) in [5.74, 6) is 0.865. The molecule has 0 aliphatic rings. The average Bonchev–Trinajstić information content (AvgIpc) is 2.86. The summed E-state index contributed by atoms with van der Waals surface area (Å²) in [6.07, 6.45) is 5.28. The molecule has 0 aliphatic heterocycles. The van der Waals surface area contributed by atoms with E-state index < -0.39 is 0 Å². The summed E-state index contributed by atoms with van der Waals surface area (Å²) in [6, 6.07) is 3.30. The quantitative estimate of drug-likeness (QED) is 0.440. The minimum atomic E-state index is 0.593. The van der Waals surface area contributed by atoms with E-state index >= 15 is 0 Å². The van der Waals surface area contributed by atoms with E-state index in [1.807, 2.05) is 14.1 Å². The van der Waals surface area contributed by atoms with Gasteiger partial charge in [0.15, 0.2) is 5.96 Å². The summed E-state index contributed by atoms with van der Waals surface area (Å²) in [4.78, 5) is 6.79. The number of hydrogen-bond donors (Lipinski definition) is 2. The van der Waals surface area contributed by atoms with Crippen molar-refractivity contribution in [2.45, 2.75) is 52.7 Å². The molecular formula is C17H33N5. The highest BCUT2D eigenvalue weighted by molar-refractivity contribution is 5.79. The minimum Gasteiger partial charge on any atom is -0.357 e. The Morgan fingerprint density at radius 2 is 1.91 bits per heavy atom. The molecule has 126 valence electrons. The monoisotopic (exact) mass is 307 g/mol. The van der Waals surface area contributed by atoms with Crippen LogP contribution in [0.5, 0.6) is 0 Å². The number of aliphatic imine (C=N–C) groups is 1. The lowest BCUT2D eigenvalue weighted by molar-refractivity contribution is 0.173. The van der Waals surface area contributed by atoms with E-state index in [0.717, 1.165) is 32.0 Å². The second kappa shape index (κ2) is 9.51. The van der Waals surface area contributed by atoms with Crippen molar-refractivity contribution in [2.75, 3.05) is 20.1 Å². The maximum absolute atomic E-state index is 4.27. The van der Waals surface area contributed by atoms with Crippen LogP contribution in [-0.2, 0) is 13.6 Å². The smallest absolute Gasteiger partial charge is 0.191 e. The van der Waals surface area contributed by atoms with Gasteiger partial charge < -0.3 is 15.2 Å². The Balaban J connectivity index is 2.26. The molecule has 0 aromatic carbocycles. The first-order valence-electron chi connectivity index (χ1n) is 8.25. The molecule has 0 unspecified atom stereocenters. The van der Waals surface area contributed by atoms with Gasteiger partial charge in [0.25, 0.3) is 0 Å². The van der Waals surface area contributed by atoms with Crippen molar-refractivity contribution in [3.63, 3.8) is 0 Å². The number of rotatable bonds is 8. The van der Waals surface area contributed by atoms with Crippen molar-refractivity contribution in [1.82, 2.24) is 20.1 Å². The van der Waals surface area contributed by atoms with E-state index in [-0.39, 0.29) is 0 Å². The second-order valence-electron chi connectivity index (χ2n) is 6.32. The lowest BCUT2D eigenvalue weighted by Crippen LogP contribution is -2.41. The number of hydrogen-bond acceptors (Lipinski definition) is 2. The first-order valence-corrected chi connectivity index (χ1v) is 8.25. The predicted octanol–water partition coefficient (Wildman–Crippen LogP) is 2.20. The van der Waals surface area contributed by atoms with Crippen LogP contribution < -0.4 is 10.6 Å². The Labute approximate surface area is 135 Å². The number of nitrogens with one attached hydrogen (secondary N) is 2. The molecule has 5 heteroatoms. The fourth-order valence-corrected chi connectivity index (χ4v) is 2.65. The summed E-state index contributed by atoms with van der Waals surface area (Å²) in [6.45, 7) is 11.9. The van der Waals surface area contributed by atoms with Crippen molar-refractivity contribution in [3.05, 3.63) is 24.0 Å². The van der Waals surface area contributed by atoms with Gasteiger partial charge in [-0.3, -0.25) is 9.89 Å². The Morgan fingerprint density at radius 3 is 2.41 bits per heavy atom. The van der Waals surface area contributed by atoms with E-state index in [0.29, 0.717) is 12.1 Å². The van der Waals surface area contributed by atoms with E-state index in [1.54, 1.807) is 0 Å². The van der Waals surface area contributed by atoms with Gasteiger partial charge in [-0.1, -0.05) is 0 Å². The van der Waals surface area contributed by atoms with Crippen molar-refractivity contribution >= 4 is 5.96 Å². The molecule has 0 radical (unpaired) electrons. The molecule has 5 nitrogen and oxygen atoms in total. The molecule has 0 bridgehead atoms. The molecule has 1 aromatic rings. The van der Waals surface area contributed by atoms with Crippen LogP contribution in [0.15, 0.2) is 23.5 Å². The van der Waals surface area contributed by atoms with Crippen LogP contribution in [-0.4, -0.2) is 47.6 Å². The van der Waals surface area contributed by atoms with Gasteiger partial charge in [-0.2, -0.15) is 0 Å². The molecular weight excluding hydrogens is 274 g/mol. The number of guanidine groups is 1. The third kappa shape index (κ3) is 6.52. The Bertz CT molecular complexity index is 440.